The van der Waals surface area contributed by atoms with E-state index in [0.717, 1.165) is 27.9 Å². The zero-order valence-corrected chi connectivity index (χ0v) is 20.0. The van der Waals surface area contributed by atoms with E-state index in [1.54, 1.807) is 30.5 Å². The molecule has 5 aromatic rings. The van der Waals surface area contributed by atoms with Crippen LogP contribution in [0.2, 0.25) is 5.02 Å². The lowest BCUT2D eigenvalue weighted by Crippen LogP contribution is -2.21. The number of hydrogen-bond acceptors (Lipinski definition) is 5. The molecule has 194 valence electrons. The summed E-state index contributed by atoms with van der Waals surface area (Å²) in [5.74, 6) is -2.96. The van der Waals surface area contributed by atoms with Crippen LogP contribution in [0.25, 0.3) is 22.3 Å². The molecule has 0 atom stereocenters. The van der Waals surface area contributed by atoms with E-state index in [9.17, 15) is 18.0 Å². The molecule has 0 aliphatic rings. The maximum Gasteiger partial charge on any atom is 0.490 e. The van der Waals surface area contributed by atoms with E-state index in [-0.39, 0.29) is 5.91 Å². The zero-order valence-electron chi connectivity index (χ0n) is 19.3. The number of carbonyl (C=O) groups is 2. The molecule has 0 aliphatic carbocycles. The molecule has 3 N–H and O–H groups in total. The minimum absolute atomic E-state index is 0.208. The van der Waals surface area contributed by atoms with Gasteiger partial charge in [0.1, 0.15) is 12.0 Å². The van der Waals surface area contributed by atoms with Gasteiger partial charge in [-0.3, -0.25) is 9.48 Å². The molecule has 0 bridgehead atoms. The number of alkyl halides is 3. The van der Waals surface area contributed by atoms with Crippen LogP contribution < -0.4 is 5.32 Å². The van der Waals surface area contributed by atoms with E-state index in [2.05, 4.69) is 25.4 Å². The lowest BCUT2D eigenvalue weighted by atomic mass is 10.1. The van der Waals surface area contributed by atoms with E-state index in [1.165, 1.54) is 6.33 Å². The highest BCUT2D eigenvalue weighted by Crippen LogP contribution is 2.24. The summed E-state index contributed by atoms with van der Waals surface area (Å²) in [6.45, 7) is 0.558. The summed E-state index contributed by atoms with van der Waals surface area (Å²) >= 11 is 5.98. The van der Waals surface area contributed by atoms with Gasteiger partial charge in [-0.05, 0) is 42.0 Å². The van der Waals surface area contributed by atoms with Crippen LogP contribution in [0.3, 0.4) is 0 Å². The summed E-state index contributed by atoms with van der Waals surface area (Å²) in [4.78, 5) is 33.1. The number of nitrogens with one attached hydrogen (secondary N) is 2. The topological polar surface area (TPSA) is 126 Å². The summed E-state index contributed by atoms with van der Waals surface area (Å²) in [6.07, 6.45) is 2.04. The lowest BCUT2D eigenvalue weighted by Gasteiger charge is -2.08. The Bertz CT molecular complexity index is 1600. The van der Waals surface area contributed by atoms with Crippen molar-refractivity contribution in [3.05, 3.63) is 95.7 Å². The van der Waals surface area contributed by atoms with Crippen molar-refractivity contribution >= 4 is 40.2 Å². The fraction of sp³-hybridized carbons (Fsp3) is 0.0800. The van der Waals surface area contributed by atoms with Gasteiger partial charge in [0, 0.05) is 39.6 Å². The number of carboxylic acid groups (broad SMARTS) is 1. The quantitative estimate of drug-likeness (QED) is 0.273. The number of amides is 1. The highest BCUT2D eigenvalue weighted by atomic mass is 35.5. The molecule has 3 aromatic heterocycles. The SMILES string of the molecule is O=C(Nc1cccc(Cn2cc(-c3ncnc4[nH]ccc34)cn2)c1)c1cccc(Cl)c1.O=C(O)C(F)(F)F. The van der Waals surface area contributed by atoms with Crippen LogP contribution in [-0.2, 0) is 11.3 Å². The predicted molar refractivity (Wildman–Crippen MR) is 134 cm³/mol. The number of carbonyl (C=O) groups excluding carboxylic acids is 1. The van der Waals surface area contributed by atoms with Crippen LogP contribution in [0.1, 0.15) is 15.9 Å². The minimum atomic E-state index is -5.08. The molecule has 2 aromatic carbocycles. The van der Waals surface area contributed by atoms with E-state index < -0.39 is 12.1 Å². The van der Waals surface area contributed by atoms with Crippen molar-refractivity contribution in [2.75, 3.05) is 5.32 Å². The number of rotatable bonds is 5. The summed E-state index contributed by atoms with van der Waals surface area (Å²) in [5.41, 5.74) is 4.77. The lowest BCUT2D eigenvalue weighted by molar-refractivity contribution is -0.192. The van der Waals surface area contributed by atoms with Crippen LogP contribution in [0.15, 0.2) is 79.5 Å². The van der Waals surface area contributed by atoms with Crippen molar-refractivity contribution in [3.8, 4) is 11.3 Å². The second-order valence-corrected chi connectivity index (χ2v) is 8.29. The second kappa shape index (κ2) is 11.1. The third-order valence-electron chi connectivity index (χ3n) is 5.12. The molecule has 0 saturated carbocycles. The first-order valence-electron chi connectivity index (χ1n) is 10.9. The number of benzene rings is 2. The Morgan fingerprint density at radius 2 is 1.84 bits per heavy atom. The van der Waals surface area contributed by atoms with Crippen molar-refractivity contribution < 1.29 is 27.9 Å². The highest BCUT2D eigenvalue weighted by Gasteiger charge is 2.38. The normalized spacial score (nSPS) is 11.1. The molecule has 3 heterocycles. The van der Waals surface area contributed by atoms with Crippen LogP contribution in [-0.4, -0.2) is 47.9 Å². The number of hydrogen-bond donors (Lipinski definition) is 3. The second-order valence-electron chi connectivity index (χ2n) is 7.86. The van der Waals surface area contributed by atoms with E-state index in [4.69, 9.17) is 21.5 Å². The molecule has 38 heavy (non-hydrogen) atoms. The molecular weight excluding hydrogens is 525 g/mol. The zero-order chi connectivity index (χ0) is 27.3. The first-order valence-corrected chi connectivity index (χ1v) is 11.2. The molecule has 0 saturated heterocycles. The van der Waals surface area contributed by atoms with Gasteiger partial charge in [0.05, 0.1) is 18.4 Å². The van der Waals surface area contributed by atoms with Crippen molar-refractivity contribution in [2.24, 2.45) is 0 Å². The van der Waals surface area contributed by atoms with E-state index in [0.29, 0.717) is 22.8 Å². The number of aliphatic carboxylic acids is 1. The first kappa shape index (κ1) is 26.4. The number of H-pyrrole nitrogens is 1. The number of aromatic amines is 1. The Hall–Kier alpha value is -4.71. The van der Waals surface area contributed by atoms with Gasteiger partial charge in [-0.2, -0.15) is 18.3 Å². The number of fused-ring (bicyclic) bond motifs is 1. The number of anilines is 1. The molecule has 5 rings (SSSR count). The van der Waals surface area contributed by atoms with E-state index in [1.807, 2.05) is 47.4 Å². The molecule has 0 spiro atoms. The number of aromatic nitrogens is 5. The Morgan fingerprint density at radius 1 is 1.08 bits per heavy atom. The largest absolute Gasteiger partial charge is 0.490 e. The van der Waals surface area contributed by atoms with Crippen molar-refractivity contribution in [3.63, 3.8) is 0 Å². The predicted octanol–water partition coefficient (Wildman–Crippen LogP) is 5.41. The molecule has 0 radical (unpaired) electrons. The Balaban J connectivity index is 0.000000426. The maximum absolute atomic E-state index is 12.5. The van der Waals surface area contributed by atoms with Crippen LogP contribution in [0.4, 0.5) is 18.9 Å². The number of halogens is 4. The summed E-state index contributed by atoms with van der Waals surface area (Å²) in [7, 11) is 0. The van der Waals surface area contributed by atoms with E-state index >= 15 is 0 Å². The Morgan fingerprint density at radius 3 is 2.58 bits per heavy atom. The van der Waals surface area contributed by atoms with Gasteiger partial charge in [0.15, 0.2) is 0 Å². The van der Waals surface area contributed by atoms with Crippen LogP contribution in [0.5, 0.6) is 0 Å². The van der Waals surface area contributed by atoms with Crippen molar-refractivity contribution in [1.82, 2.24) is 24.7 Å². The fourth-order valence-electron chi connectivity index (χ4n) is 3.44. The van der Waals surface area contributed by atoms with Gasteiger partial charge in [0.2, 0.25) is 0 Å². The fourth-order valence-corrected chi connectivity index (χ4v) is 3.63. The average Bonchev–Trinajstić information content (AvgIpc) is 3.54. The summed E-state index contributed by atoms with van der Waals surface area (Å²) < 4.78 is 33.6. The first-order chi connectivity index (χ1) is 18.1. The monoisotopic (exact) mass is 542 g/mol. The van der Waals surface area contributed by atoms with Gasteiger partial charge in [-0.15, -0.1) is 0 Å². The molecular formula is C25H18ClF3N6O3. The molecule has 9 nitrogen and oxygen atoms in total. The average molecular weight is 543 g/mol. The molecule has 0 fully saturated rings. The Kier molecular flexibility index (Phi) is 7.72. The van der Waals surface area contributed by atoms with Gasteiger partial charge >= 0.3 is 12.1 Å². The molecule has 1 amide bonds. The van der Waals surface area contributed by atoms with Crippen molar-refractivity contribution in [2.45, 2.75) is 12.7 Å². The third-order valence-corrected chi connectivity index (χ3v) is 5.35. The maximum atomic E-state index is 12.5. The van der Waals surface area contributed by atoms with Gasteiger partial charge in [-0.1, -0.05) is 29.8 Å². The number of carboxylic acids is 1. The van der Waals surface area contributed by atoms with Crippen LogP contribution in [0, 0.1) is 0 Å². The molecule has 13 heteroatoms. The smallest absolute Gasteiger partial charge is 0.475 e. The van der Waals surface area contributed by atoms with Gasteiger partial charge in [0.25, 0.3) is 5.91 Å². The standard InChI is InChI=1S/C23H17ClN6O.C2HF3O2/c24-18-5-2-4-16(10-18)23(31)29-19-6-1-3-15(9-19)12-30-13-17(11-28-30)21-20-7-8-25-22(20)27-14-26-21;3-2(4,5)1(6)7/h1-11,13-14H,12H2,(H,29,31)(H,25,26,27);(H,6,7). The van der Waals surface area contributed by atoms with Crippen molar-refractivity contribution in [1.29, 1.82) is 0 Å². The minimum Gasteiger partial charge on any atom is -0.475 e. The number of nitrogens with zero attached hydrogens (tertiary/aromatic N) is 4. The molecule has 0 aliphatic heterocycles. The third kappa shape index (κ3) is 6.53. The van der Waals surface area contributed by atoms with Gasteiger partial charge < -0.3 is 15.4 Å². The van der Waals surface area contributed by atoms with Gasteiger partial charge in [-0.25, -0.2) is 14.8 Å². The van der Waals surface area contributed by atoms with Crippen LogP contribution >= 0.6 is 11.6 Å². The Labute approximate surface area is 217 Å². The molecule has 0 unspecified atom stereocenters. The summed E-state index contributed by atoms with van der Waals surface area (Å²) in [6, 6.07) is 16.5. The highest BCUT2D eigenvalue weighted by molar-refractivity contribution is 6.31. The summed E-state index contributed by atoms with van der Waals surface area (Å²) in [5, 5.41) is 16.0.